The lowest BCUT2D eigenvalue weighted by molar-refractivity contribution is -0.157. The Bertz CT molecular complexity index is 273. The summed E-state index contributed by atoms with van der Waals surface area (Å²) < 4.78 is 0. The smallest absolute Gasteiger partial charge is 0.226 e. The van der Waals surface area contributed by atoms with Gasteiger partial charge in [0.2, 0.25) is 5.91 Å². The average molecular weight is 226 g/mol. The molecule has 1 amide bonds. The number of amides is 1. The fraction of sp³-hybridized carbons (Fsp3) is 0.917. The zero-order valence-electron chi connectivity index (χ0n) is 10.4. The van der Waals surface area contributed by atoms with Crippen molar-refractivity contribution in [2.75, 3.05) is 19.6 Å². The predicted octanol–water partition coefficient (Wildman–Crippen LogP) is 0.452. The van der Waals surface area contributed by atoms with E-state index in [2.05, 4.69) is 11.8 Å². The van der Waals surface area contributed by atoms with Crippen LogP contribution in [0, 0.1) is 0 Å². The first kappa shape index (κ1) is 11.9. The van der Waals surface area contributed by atoms with Crippen LogP contribution in [0.4, 0.5) is 0 Å². The minimum absolute atomic E-state index is 0.115. The highest BCUT2D eigenvalue weighted by Crippen LogP contribution is 2.33. The first-order chi connectivity index (χ1) is 7.40. The van der Waals surface area contributed by atoms with E-state index in [4.69, 9.17) is 0 Å². The third kappa shape index (κ3) is 2.23. The molecular formula is C12H22N2O2. The van der Waals surface area contributed by atoms with Gasteiger partial charge in [-0.25, -0.2) is 0 Å². The van der Waals surface area contributed by atoms with Gasteiger partial charge < -0.3 is 10.0 Å². The number of hydrogen-bond donors (Lipinski definition) is 1. The minimum atomic E-state index is -0.884. The van der Waals surface area contributed by atoms with E-state index in [1.807, 2.05) is 4.90 Å². The van der Waals surface area contributed by atoms with Gasteiger partial charge in [-0.15, -0.1) is 0 Å². The molecule has 3 rings (SSSR count). The normalized spacial score (nSPS) is 30.1. The van der Waals surface area contributed by atoms with E-state index >= 15 is 0 Å². The number of carbonyl (C=O) groups excluding carboxylic acids is 1. The van der Waals surface area contributed by atoms with Gasteiger partial charge in [0.1, 0.15) is 0 Å². The van der Waals surface area contributed by atoms with Gasteiger partial charge in [-0.05, 0) is 26.8 Å². The fourth-order valence-electron chi connectivity index (χ4n) is 2.82. The Hall–Kier alpha value is -0.610. The molecular weight excluding hydrogens is 204 g/mol. The molecule has 0 aromatic carbocycles. The summed E-state index contributed by atoms with van der Waals surface area (Å²) in [6, 6.07) is 0.794. The van der Waals surface area contributed by atoms with Gasteiger partial charge in [0, 0.05) is 25.2 Å². The summed E-state index contributed by atoms with van der Waals surface area (Å²) in [5, 5.41) is 9.66. The number of likely N-dealkylation sites (N-methyl/N-ethyl adjacent to an activating group) is 1. The predicted molar refractivity (Wildman–Crippen MR) is 62.1 cm³/mol. The Morgan fingerprint density at radius 2 is 1.94 bits per heavy atom. The average Bonchev–Trinajstić information content (AvgIpc) is 2.14. The van der Waals surface area contributed by atoms with Crippen LogP contribution in [0.1, 0.15) is 33.6 Å². The summed E-state index contributed by atoms with van der Waals surface area (Å²) in [6.45, 7) is 8.63. The van der Waals surface area contributed by atoms with Gasteiger partial charge in [-0.1, -0.05) is 6.92 Å². The number of carbonyl (C=O) groups is 1. The van der Waals surface area contributed by atoms with E-state index in [9.17, 15) is 9.90 Å². The molecule has 3 saturated heterocycles. The van der Waals surface area contributed by atoms with Gasteiger partial charge in [-0.3, -0.25) is 9.69 Å². The Labute approximate surface area is 97.2 Å². The van der Waals surface area contributed by atoms with Crippen molar-refractivity contribution in [1.82, 2.24) is 9.80 Å². The second kappa shape index (κ2) is 4.00. The Kier molecular flexibility index (Phi) is 2.97. The molecule has 0 spiro atoms. The zero-order valence-corrected chi connectivity index (χ0v) is 10.4. The lowest BCUT2D eigenvalue weighted by Gasteiger charge is -2.56. The van der Waals surface area contributed by atoms with Crippen LogP contribution in [0.15, 0.2) is 0 Å². The first-order valence-corrected chi connectivity index (χ1v) is 6.16. The molecule has 2 atom stereocenters. The number of piperazine rings is 1. The molecule has 4 nitrogen and oxygen atoms in total. The topological polar surface area (TPSA) is 43.8 Å². The van der Waals surface area contributed by atoms with Gasteiger partial charge >= 0.3 is 0 Å². The summed E-state index contributed by atoms with van der Waals surface area (Å²) in [7, 11) is 0. The van der Waals surface area contributed by atoms with E-state index in [1.165, 1.54) is 0 Å². The minimum Gasteiger partial charge on any atom is -0.390 e. The molecule has 2 bridgehead atoms. The van der Waals surface area contributed by atoms with Crippen LogP contribution in [0.2, 0.25) is 0 Å². The molecule has 0 aliphatic carbocycles. The summed E-state index contributed by atoms with van der Waals surface area (Å²) in [5.41, 5.74) is -0.884. The maximum atomic E-state index is 12.0. The number of aliphatic hydroxyl groups is 1. The number of nitrogens with zero attached hydrogens (tertiary/aromatic N) is 2. The standard InChI is InChI=1S/C12H22N2O2/c1-4-13-7-9-5-10(8-13)14(9)11(15)6-12(2,3)16/h9-10,16H,4-8H2,1-3H3. The van der Waals surface area contributed by atoms with Crippen molar-refractivity contribution in [3.05, 3.63) is 0 Å². The quantitative estimate of drug-likeness (QED) is 0.760. The van der Waals surface area contributed by atoms with Crippen molar-refractivity contribution in [1.29, 1.82) is 0 Å². The highest BCUT2D eigenvalue weighted by atomic mass is 16.3. The second-order valence-corrected chi connectivity index (χ2v) is 5.69. The van der Waals surface area contributed by atoms with E-state index in [1.54, 1.807) is 13.8 Å². The van der Waals surface area contributed by atoms with Gasteiger partial charge in [0.25, 0.3) is 0 Å². The third-order valence-corrected chi connectivity index (χ3v) is 3.59. The number of piperidine rings is 1. The molecule has 0 aromatic heterocycles. The van der Waals surface area contributed by atoms with E-state index < -0.39 is 5.60 Å². The number of fused-ring (bicyclic) bond motifs is 2. The highest BCUT2D eigenvalue weighted by Gasteiger charge is 2.47. The van der Waals surface area contributed by atoms with Crippen LogP contribution in [-0.2, 0) is 4.79 Å². The molecule has 3 heterocycles. The molecule has 0 radical (unpaired) electrons. The van der Waals surface area contributed by atoms with E-state index in [0.29, 0.717) is 12.1 Å². The van der Waals surface area contributed by atoms with Gasteiger partial charge in [0.15, 0.2) is 0 Å². The molecule has 16 heavy (non-hydrogen) atoms. The molecule has 0 saturated carbocycles. The number of rotatable bonds is 3. The van der Waals surface area contributed by atoms with Crippen LogP contribution in [0.5, 0.6) is 0 Å². The first-order valence-electron chi connectivity index (χ1n) is 6.16. The highest BCUT2D eigenvalue weighted by molar-refractivity contribution is 5.79. The maximum absolute atomic E-state index is 12.0. The Morgan fingerprint density at radius 3 is 2.38 bits per heavy atom. The monoisotopic (exact) mass is 226 g/mol. The van der Waals surface area contributed by atoms with Crippen LogP contribution in [0.25, 0.3) is 0 Å². The van der Waals surface area contributed by atoms with Crippen LogP contribution in [0.3, 0.4) is 0 Å². The Morgan fingerprint density at radius 1 is 1.38 bits per heavy atom. The molecule has 3 fully saturated rings. The van der Waals surface area contributed by atoms with Crippen molar-refractivity contribution >= 4 is 5.91 Å². The zero-order chi connectivity index (χ0) is 11.9. The second-order valence-electron chi connectivity index (χ2n) is 5.69. The molecule has 1 N–H and O–H groups in total. The van der Waals surface area contributed by atoms with Crippen LogP contribution < -0.4 is 0 Å². The van der Waals surface area contributed by atoms with Crippen molar-refractivity contribution < 1.29 is 9.90 Å². The molecule has 3 aliphatic rings. The van der Waals surface area contributed by atoms with E-state index in [0.717, 1.165) is 26.1 Å². The third-order valence-electron chi connectivity index (χ3n) is 3.59. The summed E-state index contributed by atoms with van der Waals surface area (Å²) in [4.78, 5) is 16.4. The molecule has 92 valence electrons. The molecule has 2 unspecified atom stereocenters. The van der Waals surface area contributed by atoms with Crippen molar-refractivity contribution in [3.63, 3.8) is 0 Å². The number of hydrogen-bond acceptors (Lipinski definition) is 3. The molecule has 3 aliphatic heterocycles. The van der Waals surface area contributed by atoms with Crippen molar-refractivity contribution in [2.45, 2.75) is 51.3 Å². The van der Waals surface area contributed by atoms with Crippen molar-refractivity contribution in [3.8, 4) is 0 Å². The van der Waals surface area contributed by atoms with Crippen molar-refractivity contribution in [2.24, 2.45) is 0 Å². The SMILES string of the molecule is CCN1CC2CC(C1)N2C(=O)CC(C)(C)O. The fourth-order valence-corrected chi connectivity index (χ4v) is 2.82. The maximum Gasteiger partial charge on any atom is 0.226 e. The Balaban J connectivity index is 1.92. The molecule has 0 aromatic rings. The lowest BCUT2D eigenvalue weighted by atomic mass is 9.86. The molecule has 4 heteroatoms. The summed E-state index contributed by atoms with van der Waals surface area (Å²) in [5.74, 6) is 0.115. The lowest BCUT2D eigenvalue weighted by Crippen LogP contribution is -2.70. The largest absolute Gasteiger partial charge is 0.390 e. The van der Waals surface area contributed by atoms with Gasteiger partial charge in [-0.2, -0.15) is 0 Å². The summed E-state index contributed by atoms with van der Waals surface area (Å²) in [6.07, 6.45) is 1.39. The summed E-state index contributed by atoms with van der Waals surface area (Å²) >= 11 is 0. The van der Waals surface area contributed by atoms with Gasteiger partial charge in [0.05, 0.1) is 12.0 Å². The van der Waals surface area contributed by atoms with E-state index in [-0.39, 0.29) is 12.3 Å². The van der Waals surface area contributed by atoms with Crippen LogP contribution in [-0.4, -0.2) is 58.1 Å². The van der Waals surface area contributed by atoms with Crippen LogP contribution >= 0.6 is 0 Å².